The van der Waals surface area contributed by atoms with Crippen molar-refractivity contribution in [1.29, 1.82) is 0 Å². The van der Waals surface area contributed by atoms with E-state index in [1.165, 1.54) is 6.08 Å². The van der Waals surface area contributed by atoms with Gasteiger partial charge in [-0.25, -0.2) is 4.85 Å². The minimum absolute atomic E-state index is 0. The van der Waals surface area contributed by atoms with Gasteiger partial charge in [-0.2, -0.15) is 0 Å². The first-order valence-corrected chi connectivity index (χ1v) is 14.6. The number of rotatable bonds is 7. The number of aliphatic hydroxyl groups excluding tert-OH is 1. The first-order chi connectivity index (χ1) is 20.3. The summed E-state index contributed by atoms with van der Waals surface area (Å²) in [6.07, 6.45) is 6.73. The SMILES string of the molecule is CCC(CC)C(=O)/C=C(\O)C(CC)CC.[C-]#[N+]c1cc2oc3cc(C)cnc3c3[c-]c4ccccc4c4oc(c1)c2c34.[Ir]. The number of aromatic nitrogens is 1. The fourth-order valence-electron chi connectivity index (χ4n) is 5.62. The molecular weight excluding hydrogens is 717 g/mol. The standard InChI is InChI=1S/C23H11N2O2.C13H24O2.Ir/c1-12-7-19-22(25-11-12)16-8-13-5-3-4-6-15(13)23-20(16)21-17(26-19)9-14(24-2)10-18(21)27-23;1-5-10(6-2)12(14)9-13(15)11(7-3)8-4;/h3-7,9-11H,1H3;9-11,14H,5-8H2,1-4H3;/q-1;;/b;12-9-;. The Labute approximate surface area is 264 Å². The van der Waals surface area contributed by atoms with Crippen molar-refractivity contribution in [1.82, 2.24) is 4.98 Å². The summed E-state index contributed by atoms with van der Waals surface area (Å²) in [7, 11) is 0. The van der Waals surface area contributed by atoms with Gasteiger partial charge in [-0.15, -0.1) is 17.5 Å². The van der Waals surface area contributed by atoms with E-state index in [1.807, 2.05) is 71.1 Å². The Kier molecular flexibility index (Phi) is 10.1. The third-order valence-corrected chi connectivity index (χ3v) is 8.08. The number of aliphatic hydroxyl groups is 1. The van der Waals surface area contributed by atoms with Crippen LogP contribution in [0, 0.1) is 31.4 Å². The van der Waals surface area contributed by atoms with Crippen molar-refractivity contribution >= 4 is 66.3 Å². The van der Waals surface area contributed by atoms with Crippen LogP contribution in [0.5, 0.6) is 0 Å². The van der Waals surface area contributed by atoms with Gasteiger partial charge in [0.1, 0.15) is 16.7 Å². The van der Waals surface area contributed by atoms with Crippen molar-refractivity contribution in [3.05, 3.63) is 83.5 Å². The molecule has 3 aromatic heterocycles. The van der Waals surface area contributed by atoms with E-state index in [4.69, 9.17) is 15.4 Å². The molecule has 6 nitrogen and oxygen atoms in total. The molecule has 7 heteroatoms. The molecule has 0 saturated carbocycles. The van der Waals surface area contributed by atoms with E-state index in [2.05, 4.69) is 15.9 Å². The molecule has 0 unspecified atom stereocenters. The maximum Gasteiger partial charge on any atom is 0.194 e. The van der Waals surface area contributed by atoms with Crippen molar-refractivity contribution < 1.29 is 38.8 Å². The largest absolute Gasteiger partial charge is 0.512 e. The Morgan fingerprint density at radius 3 is 2.28 bits per heavy atom. The molecule has 3 heterocycles. The molecule has 223 valence electrons. The Hall–Kier alpha value is -3.98. The molecule has 0 aliphatic rings. The zero-order valence-corrected chi connectivity index (χ0v) is 27.5. The summed E-state index contributed by atoms with van der Waals surface area (Å²) < 4.78 is 12.5. The first-order valence-electron chi connectivity index (χ1n) is 14.6. The van der Waals surface area contributed by atoms with Gasteiger partial charge < -0.3 is 13.9 Å². The van der Waals surface area contributed by atoms with Gasteiger partial charge in [-0.05, 0) is 67.1 Å². The second-order valence-electron chi connectivity index (χ2n) is 10.7. The molecule has 0 atom stereocenters. The number of nitrogens with zero attached hydrogens (tertiary/aromatic N) is 2. The monoisotopic (exact) mass is 752 g/mol. The fourth-order valence-corrected chi connectivity index (χ4v) is 5.62. The predicted molar refractivity (Wildman–Crippen MR) is 170 cm³/mol. The molecule has 0 aliphatic heterocycles. The van der Waals surface area contributed by atoms with Crippen LogP contribution in [0.4, 0.5) is 5.69 Å². The van der Waals surface area contributed by atoms with Crippen LogP contribution in [0.25, 0.3) is 59.6 Å². The van der Waals surface area contributed by atoms with Crippen LogP contribution in [-0.4, -0.2) is 15.9 Å². The van der Waals surface area contributed by atoms with E-state index in [9.17, 15) is 9.90 Å². The van der Waals surface area contributed by atoms with Crippen LogP contribution in [-0.2, 0) is 24.9 Å². The first kappa shape index (κ1) is 31.9. The van der Waals surface area contributed by atoms with Crippen molar-refractivity contribution in [2.24, 2.45) is 11.8 Å². The van der Waals surface area contributed by atoms with E-state index in [0.717, 1.165) is 69.3 Å². The van der Waals surface area contributed by atoms with Crippen molar-refractivity contribution in [3.8, 4) is 0 Å². The number of carbonyl (C=O) groups is 1. The summed E-state index contributed by atoms with van der Waals surface area (Å²) in [4.78, 5) is 19.9. The van der Waals surface area contributed by atoms with Gasteiger partial charge in [0.25, 0.3) is 0 Å². The van der Waals surface area contributed by atoms with Gasteiger partial charge in [-0.1, -0.05) is 51.3 Å². The minimum Gasteiger partial charge on any atom is -0.512 e. The Balaban J connectivity index is 0.000000230. The molecule has 6 aromatic rings. The maximum absolute atomic E-state index is 11.7. The molecule has 3 aromatic carbocycles. The normalized spacial score (nSPS) is 11.8. The van der Waals surface area contributed by atoms with E-state index in [-0.39, 0.29) is 43.5 Å². The number of benzene rings is 3. The van der Waals surface area contributed by atoms with Gasteiger partial charge in [0.15, 0.2) is 11.5 Å². The topological polar surface area (TPSA) is 80.8 Å². The molecule has 0 saturated heterocycles. The van der Waals surface area contributed by atoms with E-state index < -0.39 is 0 Å². The van der Waals surface area contributed by atoms with Crippen LogP contribution in [0.3, 0.4) is 0 Å². The number of ketones is 1. The number of pyridine rings is 1. The molecule has 1 N–H and O–H groups in total. The summed E-state index contributed by atoms with van der Waals surface area (Å²) in [5.74, 6) is 0.547. The number of allylic oxidation sites excluding steroid dienone is 2. The smallest absolute Gasteiger partial charge is 0.194 e. The molecule has 1 radical (unpaired) electrons. The second kappa shape index (κ2) is 13.5. The summed E-state index contributed by atoms with van der Waals surface area (Å²) in [6, 6.07) is 17.0. The van der Waals surface area contributed by atoms with E-state index in [1.54, 1.807) is 12.1 Å². The van der Waals surface area contributed by atoms with Crippen molar-refractivity contribution in [3.63, 3.8) is 0 Å². The average Bonchev–Trinajstić information content (AvgIpc) is 3.32. The molecule has 0 bridgehead atoms. The Bertz CT molecular complexity index is 2000. The van der Waals surface area contributed by atoms with Crippen molar-refractivity contribution in [2.45, 2.75) is 60.3 Å². The van der Waals surface area contributed by atoms with Crippen molar-refractivity contribution in [2.75, 3.05) is 0 Å². The van der Waals surface area contributed by atoms with Crippen LogP contribution < -0.4 is 0 Å². The molecule has 0 fully saturated rings. The Morgan fingerprint density at radius 1 is 0.977 bits per heavy atom. The quantitative estimate of drug-likeness (QED) is 0.0998. The minimum atomic E-state index is 0. The van der Waals surface area contributed by atoms with Gasteiger partial charge in [0.05, 0.1) is 17.9 Å². The summed E-state index contributed by atoms with van der Waals surface area (Å²) in [5, 5.41) is 14.4. The molecule has 0 amide bonds. The number of furan rings is 1. The fraction of sp³-hybridized carbons (Fsp3) is 0.306. The van der Waals surface area contributed by atoms with Crippen LogP contribution in [0.2, 0.25) is 0 Å². The predicted octanol–water partition coefficient (Wildman–Crippen LogP) is 10.6. The number of carbonyl (C=O) groups excluding carboxylic acids is 1. The number of fused-ring (bicyclic) bond motifs is 4. The van der Waals surface area contributed by atoms with E-state index in [0.29, 0.717) is 22.4 Å². The van der Waals surface area contributed by atoms with Gasteiger partial charge in [-0.3, -0.25) is 9.78 Å². The summed E-state index contributed by atoms with van der Waals surface area (Å²) in [5.41, 5.74) is 4.93. The summed E-state index contributed by atoms with van der Waals surface area (Å²) >= 11 is 0. The van der Waals surface area contributed by atoms with Gasteiger partial charge in [0.2, 0.25) is 0 Å². The summed E-state index contributed by atoms with van der Waals surface area (Å²) in [6.45, 7) is 17.5. The zero-order valence-electron chi connectivity index (χ0n) is 25.1. The molecule has 6 rings (SSSR count). The maximum atomic E-state index is 11.7. The van der Waals surface area contributed by atoms with E-state index >= 15 is 0 Å². The second-order valence-corrected chi connectivity index (χ2v) is 10.7. The van der Waals surface area contributed by atoms with Crippen LogP contribution >= 0.6 is 0 Å². The molecule has 43 heavy (non-hydrogen) atoms. The van der Waals surface area contributed by atoms with Gasteiger partial charge in [0, 0.05) is 55.1 Å². The molecular formula is C36H35IrN2O4-. The Morgan fingerprint density at radius 2 is 1.63 bits per heavy atom. The van der Waals surface area contributed by atoms with Gasteiger partial charge >= 0.3 is 0 Å². The third-order valence-electron chi connectivity index (χ3n) is 8.08. The average molecular weight is 752 g/mol. The number of hydrogen-bond acceptors (Lipinski definition) is 5. The molecule has 0 spiro atoms. The number of aryl methyl sites for hydroxylation is 1. The van der Waals surface area contributed by atoms with Crippen LogP contribution in [0.1, 0.15) is 58.9 Å². The zero-order chi connectivity index (χ0) is 30.0. The van der Waals surface area contributed by atoms with Crippen LogP contribution in [0.15, 0.2) is 69.3 Å². The third kappa shape index (κ3) is 6.09. The number of hydrogen-bond donors (Lipinski definition) is 1. The molecule has 0 aliphatic carbocycles.